The smallest absolute Gasteiger partial charge is 0.191 e. The SMILES string of the molecule is NC(=NCc1cccc(CN2CCOCC2)c1)N1CCCCCC1. The number of likely N-dealkylation sites (tertiary alicyclic amines) is 1. The van der Waals surface area contributed by atoms with Gasteiger partial charge in [0.1, 0.15) is 0 Å². The van der Waals surface area contributed by atoms with Gasteiger partial charge >= 0.3 is 0 Å². The molecule has 0 saturated carbocycles. The minimum Gasteiger partial charge on any atom is -0.379 e. The fourth-order valence-corrected chi connectivity index (χ4v) is 3.42. The molecule has 0 radical (unpaired) electrons. The van der Waals surface area contributed by atoms with Gasteiger partial charge < -0.3 is 15.4 Å². The molecule has 2 fully saturated rings. The van der Waals surface area contributed by atoms with E-state index in [4.69, 9.17) is 10.5 Å². The Morgan fingerprint density at radius 3 is 2.46 bits per heavy atom. The van der Waals surface area contributed by atoms with Gasteiger partial charge in [-0.25, -0.2) is 4.99 Å². The molecule has 5 heteroatoms. The molecule has 2 heterocycles. The van der Waals surface area contributed by atoms with E-state index in [0.717, 1.165) is 45.9 Å². The van der Waals surface area contributed by atoms with Gasteiger partial charge in [-0.1, -0.05) is 37.1 Å². The molecule has 2 saturated heterocycles. The summed E-state index contributed by atoms with van der Waals surface area (Å²) >= 11 is 0. The van der Waals surface area contributed by atoms with Crippen LogP contribution >= 0.6 is 0 Å². The highest BCUT2D eigenvalue weighted by Crippen LogP contribution is 2.12. The van der Waals surface area contributed by atoms with Gasteiger partial charge in [-0.2, -0.15) is 0 Å². The van der Waals surface area contributed by atoms with E-state index in [0.29, 0.717) is 12.5 Å². The lowest BCUT2D eigenvalue weighted by Crippen LogP contribution is -2.38. The highest BCUT2D eigenvalue weighted by Gasteiger charge is 2.12. The molecule has 0 amide bonds. The second-order valence-electron chi connectivity index (χ2n) is 6.78. The predicted octanol–water partition coefficient (Wildman–Crippen LogP) is 2.21. The molecule has 1 aromatic carbocycles. The van der Waals surface area contributed by atoms with Crippen LogP contribution in [0.2, 0.25) is 0 Å². The topological polar surface area (TPSA) is 54.1 Å². The second-order valence-corrected chi connectivity index (χ2v) is 6.78. The Balaban J connectivity index is 1.56. The number of benzene rings is 1. The molecular weight excluding hydrogens is 300 g/mol. The molecule has 2 aliphatic heterocycles. The molecule has 132 valence electrons. The molecule has 2 N–H and O–H groups in total. The molecule has 0 bridgehead atoms. The van der Waals surface area contributed by atoms with Crippen LogP contribution in [0.25, 0.3) is 0 Å². The van der Waals surface area contributed by atoms with Crippen LogP contribution in [0, 0.1) is 0 Å². The standard InChI is InChI=1S/C19H30N4O/c20-19(23-8-3-1-2-4-9-23)21-15-17-6-5-7-18(14-17)16-22-10-12-24-13-11-22/h5-7,14H,1-4,8-13,15-16H2,(H2,20,21). The van der Waals surface area contributed by atoms with E-state index in [-0.39, 0.29) is 0 Å². The van der Waals surface area contributed by atoms with Crippen LogP contribution in [-0.4, -0.2) is 55.2 Å². The van der Waals surface area contributed by atoms with E-state index in [2.05, 4.69) is 39.1 Å². The number of nitrogens with zero attached hydrogens (tertiary/aromatic N) is 3. The first-order valence-corrected chi connectivity index (χ1v) is 9.24. The summed E-state index contributed by atoms with van der Waals surface area (Å²) in [5.41, 5.74) is 8.79. The van der Waals surface area contributed by atoms with Crippen molar-refractivity contribution in [2.24, 2.45) is 10.7 Å². The second kappa shape index (κ2) is 9.04. The summed E-state index contributed by atoms with van der Waals surface area (Å²) < 4.78 is 5.41. The van der Waals surface area contributed by atoms with Gasteiger partial charge in [-0.3, -0.25) is 4.90 Å². The molecule has 0 spiro atoms. The van der Waals surface area contributed by atoms with Gasteiger partial charge in [0, 0.05) is 32.7 Å². The molecular formula is C19H30N4O. The van der Waals surface area contributed by atoms with Gasteiger partial charge in [0.25, 0.3) is 0 Å². The highest BCUT2D eigenvalue weighted by atomic mass is 16.5. The van der Waals surface area contributed by atoms with Crippen LogP contribution in [0.1, 0.15) is 36.8 Å². The molecule has 24 heavy (non-hydrogen) atoms. The van der Waals surface area contributed by atoms with Crippen molar-refractivity contribution in [2.45, 2.75) is 38.8 Å². The number of hydrogen-bond donors (Lipinski definition) is 1. The third-order valence-electron chi connectivity index (χ3n) is 4.85. The fourth-order valence-electron chi connectivity index (χ4n) is 3.42. The quantitative estimate of drug-likeness (QED) is 0.679. The Bertz CT molecular complexity index is 532. The zero-order valence-electron chi connectivity index (χ0n) is 14.6. The maximum atomic E-state index is 6.21. The Hall–Kier alpha value is -1.59. The first-order chi connectivity index (χ1) is 11.8. The Kier molecular flexibility index (Phi) is 6.49. The predicted molar refractivity (Wildman–Crippen MR) is 97.9 cm³/mol. The van der Waals surface area contributed by atoms with Crippen molar-refractivity contribution in [2.75, 3.05) is 39.4 Å². The van der Waals surface area contributed by atoms with Gasteiger partial charge in [0.2, 0.25) is 0 Å². The maximum Gasteiger partial charge on any atom is 0.191 e. The van der Waals surface area contributed by atoms with Crippen molar-refractivity contribution < 1.29 is 4.74 Å². The third kappa shape index (κ3) is 5.21. The van der Waals surface area contributed by atoms with Crippen molar-refractivity contribution in [3.63, 3.8) is 0 Å². The summed E-state index contributed by atoms with van der Waals surface area (Å²) in [6.07, 6.45) is 5.08. The van der Waals surface area contributed by atoms with Gasteiger partial charge in [0.05, 0.1) is 19.8 Å². The average molecular weight is 330 g/mol. The minimum absolute atomic E-state index is 0.666. The number of ether oxygens (including phenoxy) is 1. The van der Waals surface area contributed by atoms with Crippen LogP contribution in [0.3, 0.4) is 0 Å². The Morgan fingerprint density at radius 1 is 1.00 bits per heavy atom. The monoisotopic (exact) mass is 330 g/mol. The van der Waals surface area contributed by atoms with E-state index < -0.39 is 0 Å². The van der Waals surface area contributed by atoms with Crippen molar-refractivity contribution in [3.05, 3.63) is 35.4 Å². The number of rotatable bonds is 4. The maximum absolute atomic E-state index is 6.21. The number of nitrogens with two attached hydrogens (primary N) is 1. The molecule has 2 aliphatic rings. The lowest BCUT2D eigenvalue weighted by Gasteiger charge is -2.26. The first-order valence-electron chi connectivity index (χ1n) is 9.24. The summed E-state index contributed by atoms with van der Waals surface area (Å²) in [5.74, 6) is 0.704. The number of aliphatic imine (C=N–C) groups is 1. The molecule has 0 aliphatic carbocycles. The minimum atomic E-state index is 0.666. The van der Waals surface area contributed by atoms with Crippen LogP contribution in [0.15, 0.2) is 29.3 Å². The van der Waals surface area contributed by atoms with Gasteiger partial charge in [-0.15, -0.1) is 0 Å². The molecule has 0 aromatic heterocycles. The summed E-state index contributed by atoms with van der Waals surface area (Å²) in [6, 6.07) is 8.72. The van der Waals surface area contributed by atoms with E-state index >= 15 is 0 Å². The largest absolute Gasteiger partial charge is 0.379 e. The van der Waals surface area contributed by atoms with Crippen molar-refractivity contribution in [3.8, 4) is 0 Å². The van der Waals surface area contributed by atoms with E-state index in [1.165, 1.54) is 36.8 Å². The molecule has 1 aromatic rings. The van der Waals surface area contributed by atoms with Crippen LogP contribution in [0.4, 0.5) is 0 Å². The first kappa shape index (κ1) is 17.2. The van der Waals surface area contributed by atoms with Crippen LogP contribution < -0.4 is 5.73 Å². The van der Waals surface area contributed by atoms with E-state index in [1.807, 2.05) is 0 Å². The summed E-state index contributed by atoms with van der Waals surface area (Å²) in [5, 5.41) is 0. The van der Waals surface area contributed by atoms with Crippen molar-refractivity contribution >= 4 is 5.96 Å². The summed E-state index contributed by atoms with van der Waals surface area (Å²) in [4.78, 5) is 9.32. The third-order valence-corrected chi connectivity index (χ3v) is 4.85. The van der Waals surface area contributed by atoms with E-state index in [1.54, 1.807) is 0 Å². The van der Waals surface area contributed by atoms with Crippen molar-refractivity contribution in [1.82, 2.24) is 9.80 Å². The lowest BCUT2D eigenvalue weighted by molar-refractivity contribution is 0.0342. The molecule has 0 unspecified atom stereocenters. The number of hydrogen-bond acceptors (Lipinski definition) is 3. The summed E-state index contributed by atoms with van der Waals surface area (Å²) in [6.45, 7) is 7.47. The summed E-state index contributed by atoms with van der Waals surface area (Å²) in [7, 11) is 0. The zero-order chi connectivity index (χ0) is 16.6. The Labute approximate surface area is 145 Å². The average Bonchev–Trinajstić information content (AvgIpc) is 2.90. The Morgan fingerprint density at radius 2 is 1.71 bits per heavy atom. The molecule has 3 rings (SSSR count). The zero-order valence-corrected chi connectivity index (χ0v) is 14.6. The van der Waals surface area contributed by atoms with Gasteiger partial charge in [-0.05, 0) is 24.0 Å². The molecule has 0 atom stereocenters. The number of guanidine groups is 1. The lowest BCUT2D eigenvalue weighted by atomic mass is 10.1. The fraction of sp³-hybridized carbons (Fsp3) is 0.632. The van der Waals surface area contributed by atoms with Crippen molar-refractivity contribution in [1.29, 1.82) is 0 Å². The number of morpholine rings is 1. The van der Waals surface area contributed by atoms with Crippen LogP contribution in [0.5, 0.6) is 0 Å². The van der Waals surface area contributed by atoms with Gasteiger partial charge in [0.15, 0.2) is 5.96 Å². The normalized spacial score (nSPS) is 20.8. The highest BCUT2D eigenvalue weighted by molar-refractivity contribution is 5.78. The molecule has 5 nitrogen and oxygen atoms in total. The van der Waals surface area contributed by atoms with E-state index in [9.17, 15) is 0 Å². The van der Waals surface area contributed by atoms with Crippen LogP contribution in [-0.2, 0) is 17.8 Å².